The first-order valence-electron chi connectivity index (χ1n) is 6.86. The zero-order valence-corrected chi connectivity index (χ0v) is 13.0. The van der Waals surface area contributed by atoms with E-state index >= 15 is 0 Å². The molecule has 0 spiro atoms. The topological polar surface area (TPSA) is 46.3 Å². The van der Waals surface area contributed by atoms with E-state index in [9.17, 15) is 4.79 Å². The number of carbonyl (C=O) groups excluding carboxylic acids is 1. The number of nitrogens with two attached hydrogens (primary N) is 1. The first kappa shape index (κ1) is 18.1. The van der Waals surface area contributed by atoms with Gasteiger partial charge in [-0.05, 0) is 31.4 Å². The molecule has 2 N–H and O–H groups in total. The molecule has 1 aliphatic heterocycles. The molecule has 3 nitrogen and oxygen atoms in total. The van der Waals surface area contributed by atoms with Crippen LogP contribution in [0.25, 0.3) is 0 Å². The molecule has 0 aromatic rings. The van der Waals surface area contributed by atoms with E-state index in [2.05, 4.69) is 6.92 Å². The van der Waals surface area contributed by atoms with E-state index in [0.29, 0.717) is 24.9 Å². The molecule has 18 heavy (non-hydrogen) atoms. The number of nitrogens with zero attached hydrogens (tertiary/aromatic N) is 1. The number of piperidine rings is 1. The van der Waals surface area contributed by atoms with Gasteiger partial charge in [0, 0.05) is 31.3 Å². The molecule has 0 aliphatic carbocycles. The van der Waals surface area contributed by atoms with Gasteiger partial charge in [0.05, 0.1) is 0 Å². The van der Waals surface area contributed by atoms with Gasteiger partial charge in [0.25, 0.3) is 0 Å². The van der Waals surface area contributed by atoms with Crippen LogP contribution in [0.2, 0.25) is 0 Å². The number of hydrogen-bond donors (Lipinski definition) is 1. The highest BCUT2D eigenvalue weighted by Gasteiger charge is 2.24. The molecule has 1 fully saturated rings. The fourth-order valence-electron chi connectivity index (χ4n) is 2.23. The van der Waals surface area contributed by atoms with E-state index in [1.165, 1.54) is 25.0 Å². The van der Waals surface area contributed by atoms with Gasteiger partial charge in [0.2, 0.25) is 5.91 Å². The smallest absolute Gasteiger partial charge is 0.223 e. The van der Waals surface area contributed by atoms with Gasteiger partial charge in [-0.1, -0.05) is 13.3 Å². The summed E-state index contributed by atoms with van der Waals surface area (Å²) in [6, 6.07) is 0.303. The van der Waals surface area contributed by atoms with Gasteiger partial charge in [-0.3, -0.25) is 4.79 Å². The summed E-state index contributed by atoms with van der Waals surface area (Å²) in [5.41, 5.74) is 5.73. The lowest BCUT2D eigenvalue weighted by Crippen LogP contribution is -2.47. The van der Waals surface area contributed by atoms with Crippen LogP contribution in [0.4, 0.5) is 0 Å². The Balaban J connectivity index is 0.00000289. The summed E-state index contributed by atoms with van der Waals surface area (Å²) in [4.78, 5) is 14.1. The normalized spacial score (nSPS) is 19.4. The van der Waals surface area contributed by atoms with Crippen LogP contribution >= 0.6 is 24.2 Å². The Kier molecular flexibility index (Phi) is 11.0. The minimum Gasteiger partial charge on any atom is -0.338 e. The van der Waals surface area contributed by atoms with Crippen molar-refractivity contribution in [3.63, 3.8) is 0 Å². The third-order valence-electron chi connectivity index (χ3n) is 3.32. The maximum Gasteiger partial charge on any atom is 0.223 e. The number of halogens is 1. The number of amides is 1. The second-order valence-corrected chi connectivity index (χ2v) is 5.91. The molecule has 1 aliphatic rings. The van der Waals surface area contributed by atoms with Gasteiger partial charge < -0.3 is 10.6 Å². The van der Waals surface area contributed by atoms with Crippen LogP contribution in [0.1, 0.15) is 45.4 Å². The zero-order valence-electron chi connectivity index (χ0n) is 11.4. The quantitative estimate of drug-likeness (QED) is 0.734. The predicted molar refractivity (Wildman–Crippen MR) is 82.5 cm³/mol. The van der Waals surface area contributed by atoms with Crippen molar-refractivity contribution in [1.29, 1.82) is 0 Å². The molecule has 108 valence electrons. The molecule has 1 heterocycles. The maximum absolute atomic E-state index is 12.1. The van der Waals surface area contributed by atoms with Crippen LogP contribution in [-0.4, -0.2) is 41.4 Å². The van der Waals surface area contributed by atoms with E-state index in [0.717, 1.165) is 25.1 Å². The van der Waals surface area contributed by atoms with Crippen molar-refractivity contribution in [3.05, 3.63) is 0 Å². The fourth-order valence-corrected chi connectivity index (χ4v) is 3.24. The highest BCUT2D eigenvalue weighted by molar-refractivity contribution is 7.99. The molecule has 1 unspecified atom stereocenters. The molecule has 1 saturated heterocycles. The number of unbranched alkanes of at least 4 members (excludes halogenated alkanes) is 1. The molecule has 0 aromatic heterocycles. The van der Waals surface area contributed by atoms with Crippen LogP contribution in [-0.2, 0) is 4.79 Å². The second-order valence-electron chi connectivity index (χ2n) is 4.69. The van der Waals surface area contributed by atoms with E-state index in [4.69, 9.17) is 5.73 Å². The fraction of sp³-hybridized carbons (Fsp3) is 0.923. The minimum absolute atomic E-state index is 0. The van der Waals surface area contributed by atoms with Gasteiger partial charge in [-0.25, -0.2) is 0 Å². The van der Waals surface area contributed by atoms with Gasteiger partial charge in [-0.15, -0.1) is 12.4 Å². The SMILES string of the molecule is CCCCSCCC(=O)N1CCCCC1CN.Cl. The van der Waals surface area contributed by atoms with E-state index in [-0.39, 0.29) is 12.4 Å². The molecule has 0 aromatic carbocycles. The lowest BCUT2D eigenvalue weighted by molar-refractivity contribution is -0.134. The average Bonchev–Trinajstić information content (AvgIpc) is 2.38. The number of hydrogen-bond acceptors (Lipinski definition) is 3. The minimum atomic E-state index is 0. The summed E-state index contributed by atoms with van der Waals surface area (Å²) in [5.74, 6) is 2.46. The summed E-state index contributed by atoms with van der Waals surface area (Å²) in [5, 5.41) is 0. The third-order valence-corrected chi connectivity index (χ3v) is 4.39. The van der Waals surface area contributed by atoms with Gasteiger partial charge in [0.15, 0.2) is 0 Å². The monoisotopic (exact) mass is 294 g/mol. The van der Waals surface area contributed by atoms with Crippen LogP contribution in [0.3, 0.4) is 0 Å². The molecule has 0 radical (unpaired) electrons. The number of likely N-dealkylation sites (tertiary alicyclic amines) is 1. The van der Waals surface area contributed by atoms with Crippen molar-refractivity contribution in [2.45, 2.75) is 51.5 Å². The molecule has 1 atom stereocenters. The van der Waals surface area contributed by atoms with E-state index in [1.54, 1.807) is 0 Å². The highest BCUT2D eigenvalue weighted by atomic mass is 35.5. The molecule has 0 saturated carbocycles. The Morgan fingerprint density at radius 1 is 1.39 bits per heavy atom. The van der Waals surface area contributed by atoms with Gasteiger partial charge in [-0.2, -0.15) is 11.8 Å². The number of thioether (sulfide) groups is 1. The van der Waals surface area contributed by atoms with Crippen molar-refractivity contribution < 1.29 is 4.79 Å². The summed E-state index contributed by atoms with van der Waals surface area (Å²) < 4.78 is 0. The van der Waals surface area contributed by atoms with Crippen LogP contribution in [0.15, 0.2) is 0 Å². The van der Waals surface area contributed by atoms with Crippen molar-refractivity contribution in [1.82, 2.24) is 4.90 Å². The Morgan fingerprint density at radius 2 is 2.17 bits per heavy atom. The van der Waals surface area contributed by atoms with Crippen molar-refractivity contribution >= 4 is 30.1 Å². The van der Waals surface area contributed by atoms with Crippen molar-refractivity contribution in [2.75, 3.05) is 24.6 Å². The lowest BCUT2D eigenvalue weighted by Gasteiger charge is -2.35. The summed E-state index contributed by atoms with van der Waals surface area (Å²) >= 11 is 1.90. The first-order valence-corrected chi connectivity index (χ1v) is 8.02. The largest absolute Gasteiger partial charge is 0.338 e. The first-order chi connectivity index (χ1) is 8.29. The zero-order chi connectivity index (χ0) is 12.5. The second kappa shape index (κ2) is 10.9. The standard InChI is InChI=1S/C13H26N2OS.ClH/c1-2-3-9-17-10-7-13(16)15-8-5-4-6-12(15)11-14;/h12H,2-11,14H2,1H3;1H. The third kappa shape index (κ3) is 6.30. The highest BCUT2D eigenvalue weighted by Crippen LogP contribution is 2.18. The Bertz CT molecular complexity index is 229. The van der Waals surface area contributed by atoms with Crippen LogP contribution in [0.5, 0.6) is 0 Å². The Labute approximate surface area is 122 Å². The van der Waals surface area contributed by atoms with Crippen LogP contribution in [0, 0.1) is 0 Å². The summed E-state index contributed by atoms with van der Waals surface area (Å²) in [6.45, 7) is 3.74. The molecule has 0 bridgehead atoms. The molecular formula is C13H27ClN2OS. The molecular weight excluding hydrogens is 268 g/mol. The van der Waals surface area contributed by atoms with E-state index < -0.39 is 0 Å². The molecule has 1 rings (SSSR count). The predicted octanol–water partition coefficient (Wildman–Crippen LogP) is 2.67. The lowest BCUT2D eigenvalue weighted by atomic mass is 10.0. The molecule has 1 amide bonds. The number of carbonyl (C=O) groups is 1. The van der Waals surface area contributed by atoms with E-state index in [1.807, 2.05) is 16.7 Å². The van der Waals surface area contributed by atoms with Gasteiger partial charge in [0.1, 0.15) is 0 Å². The van der Waals surface area contributed by atoms with Crippen molar-refractivity contribution in [3.8, 4) is 0 Å². The summed E-state index contributed by atoms with van der Waals surface area (Å²) in [7, 11) is 0. The maximum atomic E-state index is 12.1. The number of rotatable bonds is 7. The molecule has 5 heteroatoms. The average molecular weight is 295 g/mol. The van der Waals surface area contributed by atoms with Crippen LogP contribution < -0.4 is 5.73 Å². The summed E-state index contributed by atoms with van der Waals surface area (Å²) in [6.07, 6.45) is 6.63. The Hall–Kier alpha value is 0.0700. The van der Waals surface area contributed by atoms with Gasteiger partial charge >= 0.3 is 0 Å². The Morgan fingerprint density at radius 3 is 2.83 bits per heavy atom. The van der Waals surface area contributed by atoms with Crippen molar-refractivity contribution in [2.24, 2.45) is 5.73 Å².